The van der Waals surface area contributed by atoms with Gasteiger partial charge in [0.15, 0.2) is 5.65 Å². The Labute approximate surface area is 118 Å². The summed E-state index contributed by atoms with van der Waals surface area (Å²) in [6.45, 7) is 0.665. The Balaban J connectivity index is 2.00. The van der Waals surface area contributed by atoms with Crippen LogP contribution in [0.15, 0.2) is 47.2 Å². The van der Waals surface area contributed by atoms with Crippen LogP contribution in [0.5, 0.6) is 0 Å². The van der Waals surface area contributed by atoms with Gasteiger partial charge in [-0.3, -0.25) is 0 Å². The summed E-state index contributed by atoms with van der Waals surface area (Å²) in [4.78, 5) is 4.38. The van der Waals surface area contributed by atoms with Crippen molar-refractivity contribution in [3.8, 4) is 0 Å². The van der Waals surface area contributed by atoms with Gasteiger partial charge in [-0.2, -0.15) is 5.10 Å². The van der Waals surface area contributed by atoms with Gasteiger partial charge in [0.05, 0.1) is 12.7 Å². The quantitative estimate of drug-likeness (QED) is 0.716. The van der Waals surface area contributed by atoms with Crippen LogP contribution in [0.1, 0.15) is 5.56 Å². The smallest absolute Gasteiger partial charge is 0.158 e. The summed E-state index contributed by atoms with van der Waals surface area (Å²) in [5.74, 6) is 0. The van der Waals surface area contributed by atoms with E-state index in [0.717, 1.165) is 26.1 Å². The van der Waals surface area contributed by atoms with E-state index in [1.165, 1.54) is 0 Å². The molecular weight excluding hydrogens is 314 g/mol. The van der Waals surface area contributed by atoms with E-state index < -0.39 is 0 Å². The molecule has 3 rings (SSSR count). The third kappa shape index (κ3) is 2.26. The zero-order valence-corrected chi connectivity index (χ0v) is 11.7. The first kappa shape index (κ1) is 11.7. The highest BCUT2D eigenvalue weighted by molar-refractivity contribution is 9.10. The number of fused-ring (bicyclic) bond motifs is 1. The second-order valence-electron chi connectivity index (χ2n) is 4.00. The third-order valence-corrected chi connectivity index (χ3v) is 3.33. The number of halogens is 2. The molecule has 0 atom stereocenters. The molecular formula is C13H9BrClN3. The zero-order chi connectivity index (χ0) is 12.5. The van der Waals surface area contributed by atoms with E-state index in [2.05, 4.69) is 26.0 Å². The highest BCUT2D eigenvalue weighted by atomic mass is 79.9. The summed E-state index contributed by atoms with van der Waals surface area (Å²) >= 11 is 9.37. The molecule has 0 radical (unpaired) electrons. The number of pyridine rings is 1. The molecule has 0 amide bonds. The van der Waals surface area contributed by atoms with Gasteiger partial charge < -0.3 is 0 Å². The lowest BCUT2D eigenvalue weighted by Gasteiger charge is -2.03. The summed E-state index contributed by atoms with van der Waals surface area (Å²) < 4.78 is 2.82. The standard InChI is InChI=1S/C13H9BrClN3/c14-11-5-10-6-17-18(13(10)16-7-11)8-9-2-1-3-12(15)4-9/h1-7H,8H2. The Morgan fingerprint density at radius 2 is 2.11 bits per heavy atom. The fraction of sp³-hybridized carbons (Fsp3) is 0.0769. The SMILES string of the molecule is Clc1cccc(Cn2ncc3cc(Br)cnc32)c1. The summed E-state index contributed by atoms with van der Waals surface area (Å²) in [6.07, 6.45) is 3.59. The Bertz CT molecular complexity index is 708. The number of aromatic nitrogens is 3. The largest absolute Gasteiger partial charge is 0.243 e. The minimum absolute atomic E-state index is 0.665. The van der Waals surface area contributed by atoms with E-state index in [4.69, 9.17) is 11.6 Å². The molecule has 18 heavy (non-hydrogen) atoms. The molecule has 0 N–H and O–H groups in total. The van der Waals surface area contributed by atoms with Crippen molar-refractivity contribution in [3.05, 3.63) is 57.8 Å². The van der Waals surface area contributed by atoms with E-state index >= 15 is 0 Å². The third-order valence-electron chi connectivity index (χ3n) is 2.66. The minimum Gasteiger partial charge on any atom is -0.243 e. The molecule has 5 heteroatoms. The Kier molecular flexibility index (Phi) is 3.06. The summed E-state index contributed by atoms with van der Waals surface area (Å²) in [6, 6.07) is 9.77. The minimum atomic E-state index is 0.665. The van der Waals surface area contributed by atoms with Crippen LogP contribution in [0.4, 0.5) is 0 Å². The molecule has 0 bridgehead atoms. The molecule has 1 aromatic carbocycles. The predicted molar refractivity (Wildman–Crippen MR) is 75.8 cm³/mol. The summed E-state index contributed by atoms with van der Waals surface area (Å²) in [5.41, 5.74) is 1.98. The number of hydrogen-bond donors (Lipinski definition) is 0. The number of rotatable bonds is 2. The van der Waals surface area contributed by atoms with Crippen molar-refractivity contribution >= 4 is 38.6 Å². The highest BCUT2D eigenvalue weighted by Gasteiger charge is 2.05. The van der Waals surface area contributed by atoms with Gasteiger partial charge in [-0.05, 0) is 39.7 Å². The lowest BCUT2D eigenvalue weighted by molar-refractivity contribution is 0.704. The molecule has 0 saturated carbocycles. The van der Waals surface area contributed by atoms with Crippen LogP contribution in [0.3, 0.4) is 0 Å². The molecule has 2 heterocycles. The van der Waals surface area contributed by atoms with Crippen molar-refractivity contribution in [1.29, 1.82) is 0 Å². The van der Waals surface area contributed by atoms with Crippen LogP contribution in [0, 0.1) is 0 Å². The van der Waals surface area contributed by atoms with Gasteiger partial charge in [0.2, 0.25) is 0 Å². The van der Waals surface area contributed by atoms with Crippen molar-refractivity contribution < 1.29 is 0 Å². The molecule has 0 aliphatic heterocycles. The van der Waals surface area contributed by atoms with Crippen LogP contribution in [-0.4, -0.2) is 14.8 Å². The number of hydrogen-bond acceptors (Lipinski definition) is 2. The molecule has 0 aliphatic rings. The van der Waals surface area contributed by atoms with Gasteiger partial charge in [-0.15, -0.1) is 0 Å². The predicted octanol–water partition coefficient (Wildman–Crippen LogP) is 3.90. The lowest BCUT2D eigenvalue weighted by atomic mass is 10.2. The summed E-state index contributed by atoms with van der Waals surface area (Å²) in [5, 5.41) is 6.11. The van der Waals surface area contributed by atoms with E-state index in [0.29, 0.717) is 6.54 Å². The van der Waals surface area contributed by atoms with Crippen molar-refractivity contribution in [3.63, 3.8) is 0 Å². The van der Waals surface area contributed by atoms with Crippen molar-refractivity contribution in [1.82, 2.24) is 14.8 Å². The number of nitrogens with zero attached hydrogens (tertiary/aromatic N) is 3. The van der Waals surface area contributed by atoms with Gasteiger partial charge in [0, 0.05) is 21.1 Å². The van der Waals surface area contributed by atoms with Gasteiger partial charge in [-0.1, -0.05) is 23.7 Å². The fourth-order valence-electron chi connectivity index (χ4n) is 1.87. The molecule has 0 fully saturated rings. The maximum Gasteiger partial charge on any atom is 0.158 e. The second-order valence-corrected chi connectivity index (χ2v) is 5.35. The normalized spacial score (nSPS) is 11.0. The first-order chi connectivity index (χ1) is 8.72. The van der Waals surface area contributed by atoms with Gasteiger partial charge in [-0.25, -0.2) is 9.67 Å². The van der Waals surface area contributed by atoms with Crippen molar-refractivity contribution in [2.45, 2.75) is 6.54 Å². The van der Waals surface area contributed by atoms with Crippen LogP contribution in [0.25, 0.3) is 11.0 Å². The van der Waals surface area contributed by atoms with Crippen molar-refractivity contribution in [2.24, 2.45) is 0 Å². The molecule has 0 spiro atoms. The average molecular weight is 323 g/mol. The number of benzene rings is 1. The zero-order valence-electron chi connectivity index (χ0n) is 9.35. The van der Waals surface area contributed by atoms with Crippen LogP contribution in [-0.2, 0) is 6.54 Å². The van der Waals surface area contributed by atoms with Crippen LogP contribution >= 0.6 is 27.5 Å². The highest BCUT2D eigenvalue weighted by Crippen LogP contribution is 2.18. The van der Waals surface area contributed by atoms with E-state index in [1.807, 2.05) is 41.2 Å². The monoisotopic (exact) mass is 321 g/mol. The van der Waals surface area contributed by atoms with Gasteiger partial charge in [0.1, 0.15) is 0 Å². The Hall–Kier alpha value is -1.39. The van der Waals surface area contributed by atoms with E-state index in [9.17, 15) is 0 Å². The van der Waals surface area contributed by atoms with Crippen LogP contribution in [0.2, 0.25) is 5.02 Å². The molecule has 3 aromatic rings. The Morgan fingerprint density at radius 3 is 2.94 bits per heavy atom. The van der Waals surface area contributed by atoms with Crippen LogP contribution < -0.4 is 0 Å². The molecule has 0 aliphatic carbocycles. The fourth-order valence-corrected chi connectivity index (χ4v) is 2.43. The maximum atomic E-state index is 5.97. The molecule has 90 valence electrons. The first-order valence-electron chi connectivity index (χ1n) is 5.44. The van der Waals surface area contributed by atoms with Crippen molar-refractivity contribution in [2.75, 3.05) is 0 Å². The van der Waals surface area contributed by atoms with Gasteiger partial charge in [0.25, 0.3) is 0 Å². The van der Waals surface area contributed by atoms with E-state index in [1.54, 1.807) is 6.20 Å². The summed E-state index contributed by atoms with van der Waals surface area (Å²) in [7, 11) is 0. The Morgan fingerprint density at radius 1 is 1.22 bits per heavy atom. The average Bonchev–Trinajstić information content (AvgIpc) is 2.72. The topological polar surface area (TPSA) is 30.7 Å². The molecule has 2 aromatic heterocycles. The molecule has 3 nitrogen and oxygen atoms in total. The first-order valence-corrected chi connectivity index (χ1v) is 6.61. The molecule has 0 unspecified atom stereocenters. The van der Waals surface area contributed by atoms with Gasteiger partial charge >= 0.3 is 0 Å². The van der Waals surface area contributed by atoms with E-state index in [-0.39, 0.29) is 0 Å². The maximum absolute atomic E-state index is 5.97. The lowest BCUT2D eigenvalue weighted by Crippen LogP contribution is -2.02. The second kappa shape index (κ2) is 4.71. The molecule has 0 saturated heterocycles.